The fourth-order valence-electron chi connectivity index (χ4n) is 1.68. The van der Waals surface area contributed by atoms with E-state index in [0.29, 0.717) is 4.83 Å². The fourth-order valence-corrected chi connectivity index (χ4v) is 2.31. The number of hydrogen-bond donors (Lipinski definition) is 0. The number of rotatable bonds is 6. The molecule has 84 valence electrons. The highest BCUT2D eigenvalue weighted by Crippen LogP contribution is 2.28. The molecule has 1 heteroatoms. The van der Waals surface area contributed by atoms with Crippen molar-refractivity contribution in [3.8, 4) is 0 Å². The van der Waals surface area contributed by atoms with E-state index in [-0.39, 0.29) is 0 Å². The topological polar surface area (TPSA) is 0 Å². The molecule has 0 aromatic heterocycles. The molecule has 1 aromatic rings. The Bertz CT molecular complexity index is 255. The zero-order chi connectivity index (χ0) is 11.1. The van der Waals surface area contributed by atoms with Gasteiger partial charge in [0.15, 0.2) is 0 Å². The summed E-state index contributed by atoms with van der Waals surface area (Å²) in [6.45, 7) is 4.61. The molecule has 2 atom stereocenters. The highest BCUT2D eigenvalue weighted by molar-refractivity contribution is 9.09. The van der Waals surface area contributed by atoms with Gasteiger partial charge in [-0.25, -0.2) is 0 Å². The molecule has 0 fully saturated rings. The first-order valence-electron chi connectivity index (χ1n) is 5.93. The largest absolute Gasteiger partial charge is 0.0839 e. The molecule has 0 saturated heterocycles. The SMILES string of the molecule is CCC(C)CCCC(Br)c1ccccc1. The van der Waals surface area contributed by atoms with E-state index < -0.39 is 0 Å². The van der Waals surface area contributed by atoms with Gasteiger partial charge in [0.05, 0.1) is 0 Å². The van der Waals surface area contributed by atoms with Crippen molar-refractivity contribution >= 4 is 15.9 Å². The molecule has 15 heavy (non-hydrogen) atoms. The van der Waals surface area contributed by atoms with Gasteiger partial charge in [-0.1, -0.05) is 79.4 Å². The number of alkyl halides is 1. The standard InChI is InChI=1S/C14H21Br/c1-3-12(2)8-7-11-14(15)13-9-5-4-6-10-13/h4-6,9-10,12,14H,3,7-8,11H2,1-2H3. The van der Waals surface area contributed by atoms with Crippen LogP contribution in [0.1, 0.15) is 49.9 Å². The Labute approximate surface area is 102 Å². The third kappa shape index (κ3) is 4.83. The van der Waals surface area contributed by atoms with Crippen molar-refractivity contribution in [3.63, 3.8) is 0 Å². The summed E-state index contributed by atoms with van der Waals surface area (Å²) in [5, 5.41) is 0. The molecule has 0 aliphatic heterocycles. The maximum atomic E-state index is 3.76. The smallest absolute Gasteiger partial charge is 0.0395 e. The summed E-state index contributed by atoms with van der Waals surface area (Å²) in [7, 11) is 0. The van der Waals surface area contributed by atoms with Crippen LogP contribution in [0.3, 0.4) is 0 Å². The van der Waals surface area contributed by atoms with E-state index in [1.165, 1.54) is 31.2 Å². The van der Waals surface area contributed by atoms with Gasteiger partial charge in [0.2, 0.25) is 0 Å². The van der Waals surface area contributed by atoms with Crippen LogP contribution in [0.5, 0.6) is 0 Å². The third-order valence-corrected chi connectivity index (χ3v) is 4.00. The van der Waals surface area contributed by atoms with Gasteiger partial charge >= 0.3 is 0 Å². The Morgan fingerprint density at radius 3 is 2.40 bits per heavy atom. The first kappa shape index (κ1) is 12.8. The van der Waals surface area contributed by atoms with Gasteiger partial charge in [-0.05, 0) is 17.9 Å². The summed E-state index contributed by atoms with van der Waals surface area (Å²) >= 11 is 3.76. The Kier molecular flexibility index (Phi) is 6.00. The molecule has 0 aliphatic carbocycles. The summed E-state index contributed by atoms with van der Waals surface area (Å²) in [6.07, 6.45) is 5.22. The lowest BCUT2D eigenvalue weighted by Gasteiger charge is -2.12. The van der Waals surface area contributed by atoms with Crippen molar-refractivity contribution in [3.05, 3.63) is 35.9 Å². The minimum atomic E-state index is 0.530. The second-order valence-corrected chi connectivity index (χ2v) is 5.43. The van der Waals surface area contributed by atoms with Crippen LogP contribution in [-0.4, -0.2) is 0 Å². The lowest BCUT2D eigenvalue weighted by molar-refractivity contribution is 0.484. The Morgan fingerprint density at radius 2 is 1.80 bits per heavy atom. The van der Waals surface area contributed by atoms with Gasteiger partial charge in [0, 0.05) is 4.83 Å². The van der Waals surface area contributed by atoms with Gasteiger partial charge in [-0.2, -0.15) is 0 Å². The highest BCUT2D eigenvalue weighted by atomic mass is 79.9. The van der Waals surface area contributed by atoms with Crippen molar-refractivity contribution in [1.82, 2.24) is 0 Å². The summed E-state index contributed by atoms with van der Waals surface area (Å²) in [6, 6.07) is 10.7. The second-order valence-electron chi connectivity index (χ2n) is 4.32. The number of benzene rings is 1. The highest BCUT2D eigenvalue weighted by Gasteiger charge is 2.07. The van der Waals surface area contributed by atoms with Crippen LogP contribution in [0, 0.1) is 5.92 Å². The van der Waals surface area contributed by atoms with E-state index in [2.05, 4.69) is 60.1 Å². The lowest BCUT2D eigenvalue weighted by Crippen LogP contribution is -1.95. The molecule has 0 heterocycles. The van der Waals surface area contributed by atoms with Crippen LogP contribution in [0.25, 0.3) is 0 Å². The first-order chi connectivity index (χ1) is 7.24. The van der Waals surface area contributed by atoms with Gasteiger partial charge in [-0.15, -0.1) is 0 Å². The van der Waals surface area contributed by atoms with E-state index in [4.69, 9.17) is 0 Å². The lowest BCUT2D eigenvalue weighted by atomic mass is 9.99. The first-order valence-corrected chi connectivity index (χ1v) is 6.84. The average Bonchev–Trinajstić information content (AvgIpc) is 2.29. The van der Waals surface area contributed by atoms with Crippen LogP contribution >= 0.6 is 15.9 Å². The van der Waals surface area contributed by atoms with Crippen LogP contribution < -0.4 is 0 Å². The molecule has 0 N–H and O–H groups in total. The molecule has 1 rings (SSSR count). The minimum absolute atomic E-state index is 0.530. The van der Waals surface area contributed by atoms with Gasteiger partial charge in [-0.3, -0.25) is 0 Å². The molecule has 0 radical (unpaired) electrons. The molecular weight excluding hydrogens is 248 g/mol. The zero-order valence-electron chi connectivity index (χ0n) is 9.75. The number of hydrogen-bond acceptors (Lipinski definition) is 0. The van der Waals surface area contributed by atoms with Gasteiger partial charge in [0.1, 0.15) is 0 Å². The second kappa shape index (κ2) is 7.05. The fraction of sp³-hybridized carbons (Fsp3) is 0.571. The van der Waals surface area contributed by atoms with Crippen molar-refractivity contribution < 1.29 is 0 Å². The van der Waals surface area contributed by atoms with E-state index in [1.54, 1.807) is 0 Å². The van der Waals surface area contributed by atoms with Crippen LogP contribution in [0.4, 0.5) is 0 Å². The third-order valence-electron chi connectivity index (χ3n) is 3.01. The molecule has 0 aliphatic rings. The summed E-state index contributed by atoms with van der Waals surface area (Å²) in [5.41, 5.74) is 1.40. The molecule has 0 spiro atoms. The molecule has 0 amide bonds. The van der Waals surface area contributed by atoms with Crippen molar-refractivity contribution in [2.75, 3.05) is 0 Å². The van der Waals surface area contributed by atoms with Crippen LogP contribution in [0.15, 0.2) is 30.3 Å². The van der Waals surface area contributed by atoms with E-state index >= 15 is 0 Å². The van der Waals surface area contributed by atoms with Crippen molar-refractivity contribution in [2.24, 2.45) is 5.92 Å². The minimum Gasteiger partial charge on any atom is -0.0839 e. The molecule has 0 nitrogen and oxygen atoms in total. The molecule has 0 saturated carbocycles. The van der Waals surface area contributed by atoms with Crippen molar-refractivity contribution in [1.29, 1.82) is 0 Å². The van der Waals surface area contributed by atoms with Gasteiger partial charge < -0.3 is 0 Å². The van der Waals surface area contributed by atoms with E-state index in [1.807, 2.05) is 0 Å². The molecule has 0 bridgehead atoms. The normalized spacial score (nSPS) is 14.9. The van der Waals surface area contributed by atoms with Crippen molar-refractivity contribution in [2.45, 2.75) is 44.4 Å². The Morgan fingerprint density at radius 1 is 1.13 bits per heavy atom. The molecule has 2 unspecified atom stereocenters. The zero-order valence-corrected chi connectivity index (χ0v) is 11.3. The maximum Gasteiger partial charge on any atom is 0.0395 e. The average molecular weight is 269 g/mol. The number of halogens is 1. The summed E-state index contributed by atoms with van der Waals surface area (Å²) in [4.78, 5) is 0.530. The quantitative estimate of drug-likeness (QED) is 0.611. The van der Waals surface area contributed by atoms with E-state index in [0.717, 1.165) is 5.92 Å². The Balaban J connectivity index is 2.28. The maximum absolute atomic E-state index is 3.76. The predicted molar refractivity (Wildman–Crippen MR) is 71.4 cm³/mol. The summed E-state index contributed by atoms with van der Waals surface area (Å²) < 4.78 is 0. The molecule has 1 aromatic carbocycles. The monoisotopic (exact) mass is 268 g/mol. The summed E-state index contributed by atoms with van der Waals surface area (Å²) in [5.74, 6) is 0.875. The van der Waals surface area contributed by atoms with Gasteiger partial charge in [0.25, 0.3) is 0 Å². The molecular formula is C14H21Br. The predicted octanol–water partition coefficient (Wildman–Crippen LogP) is 5.34. The Hall–Kier alpha value is -0.300. The van der Waals surface area contributed by atoms with Crippen LogP contribution in [0.2, 0.25) is 0 Å². The van der Waals surface area contributed by atoms with E-state index in [9.17, 15) is 0 Å². The van der Waals surface area contributed by atoms with Crippen LogP contribution in [-0.2, 0) is 0 Å².